The van der Waals surface area contributed by atoms with E-state index >= 15 is 0 Å². The van der Waals surface area contributed by atoms with Gasteiger partial charge in [0.1, 0.15) is 37.4 Å². The van der Waals surface area contributed by atoms with E-state index in [0.717, 1.165) is 34.8 Å². The van der Waals surface area contributed by atoms with Crippen molar-refractivity contribution in [3.63, 3.8) is 0 Å². The highest BCUT2D eigenvalue weighted by molar-refractivity contribution is 7.92. The van der Waals surface area contributed by atoms with Crippen LogP contribution in [0.5, 0.6) is 11.5 Å². The van der Waals surface area contributed by atoms with E-state index in [1.165, 1.54) is 59.5 Å². The van der Waals surface area contributed by atoms with Crippen LogP contribution in [0.2, 0.25) is 0 Å². The number of hydrogen-bond donors (Lipinski definition) is 1. The molecule has 0 fully saturated rings. The molecule has 0 spiro atoms. The van der Waals surface area contributed by atoms with Gasteiger partial charge in [0.25, 0.3) is 10.0 Å². The minimum absolute atomic E-state index is 0.0355. The van der Waals surface area contributed by atoms with Gasteiger partial charge in [-0.15, -0.1) is 0 Å². The summed E-state index contributed by atoms with van der Waals surface area (Å²) in [5, 5.41) is 2.92. The fraction of sp³-hybridized carbons (Fsp3) is 0.278. The Morgan fingerprint density at radius 3 is 2.15 bits per heavy atom. The zero-order chi connectivity index (χ0) is 34.1. The highest BCUT2D eigenvalue weighted by Gasteiger charge is 2.35. The lowest BCUT2D eigenvalue weighted by Gasteiger charge is -2.34. The zero-order valence-electron chi connectivity index (χ0n) is 26.5. The number of halogens is 2. The Kier molecular flexibility index (Phi) is 11.3. The summed E-state index contributed by atoms with van der Waals surface area (Å²) in [6, 6.07) is 22.5. The number of nitrogens with zero attached hydrogens (tertiary/aromatic N) is 2. The Bertz CT molecular complexity index is 1810. The van der Waals surface area contributed by atoms with Crippen LogP contribution in [-0.4, -0.2) is 57.5 Å². The monoisotopic (exact) mass is 677 g/mol. The lowest BCUT2D eigenvalue weighted by Crippen LogP contribution is -2.53. The summed E-state index contributed by atoms with van der Waals surface area (Å²) < 4.78 is 68.4. The van der Waals surface area contributed by atoms with Crippen molar-refractivity contribution in [3.8, 4) is 11.5 Å². The number of sulfonamides is 1. The van der Waals surface area contributed by atoms with Crippen molar-refractivity contribution in [2.75, 3.05) is 30.6 Å². The van der Waals surface area contributed by atoms with Gasteiger partial charge >= 0.3 is 0 Å². The summed E-state index contributed by atoms with van der Waals surface area (Å²) in [4.78, 5) is 29.4. The van der Waals surface area contributed by atoms with Crippen LogP contribution < -0.4 is 19.1 Å². The van der Waals surface area contributed by atoms with E-state index in [-0.39, 0.29) is 35.9 Å². The lowest BCUT2D eigenvalue weighted by molar-refractivity contribution is -0.140. The van der Waals surface area contributed by atoms with Crippen molar-refractivity contribution < 1.29 is 36.3 Å². The van der Waals surface area contributed by atoms with Crippen LogP contribution in [0.3, 0.4) is 0 Å². The average Bonchev–Trinajstić information content (AvgIpc) is 3.10. The second kappa shape index (κ2) is 15.7. The minimum Gasteiger partial charge on any atom is -0.486 e. The van der Waals surface area contributed by atoms with Crippen LogP contribution in [0.4, 0.5) is 14.5 Å². The standard InChI is InChI=1S/C36H37F2N3O6S/c1-2-3-19-39-36(43)32(22-26-7-5-4-6-8-26)40(24-27-9-11-28(37)12-10-27)35(42)25-41(30-15-13-29(38)14-16-30)48(44,45)31-17-18-33-34(23-31)47-21-20-46-33/h4-18,23,32H,2-3,19-22,24-25H2,1H3,(H,39,43). The molecule has 1 heterocycles. The van der Waals surface area contributed by atoms with Crippen LogP contribution in [0.15, 0.2) is 102 Å². The number of ether oxygens (including phenoxy) is 2. The third-order valence-electron chi connectivity index (χ3n) is 7.86. The maximum Gasteiger partial charge on any atom is 0.264 e. The predicted octanol–water partition coefficient (Wildman–Crippen LogP) is 5.49. The van der Waals surface area contributed by atoms with Gasteiger partial charge in [0.2, 0.25) is 11.8 Å². The molecule has 1 aliphatic heterocycles. The molecule has 0 aromatic heterocycles. The van der Waals surface area contributed by atoms with Crippen molar-refractivity contribution >= 4 is 27.5 Å². The number of rotatable bonds is 14. The van der Waals surface area contributed by atoms with Gasteiger partial charge in [-0.2, -0.15) is 0 Å². The van der Waals surface area contributed by atoms with Crippen molar-refractivity contribution in [2.45, 2.75) is 43.7 Å². The number of hydrogen-bond acceptors (Lipinski definition) is 6. The van der Waals surface area contributed by atoms with E-state index in [2.05, 4.69) is 5.32 Å². The van der Waals surface area contributed by atoms with Crippen LogP contribution in [0.1, 0.15) is 30.9 Å². The molecule has 2 amide bonds. The molecule has 1 aliphatic rings. The van der Waals surface area contributed by atoms with Crippen molar-refractivity contribution in [2.24, 2.45) is 0 Å². The summed E-state index contributed by atoms with van der Waals surface area (Å²) in [5.74, 6) is -1.55. The number of carbonyl (C=O) groups is 2. The molecule has 1 atom stereocenters. The Labute approximate surface area is 279 Å². The fourth-order valence-electron chi connectivity index (χ4n) is 5.29. The number of fused-ring (bicyclic) bond motifs is 1. The molecule has 0 radical (unpaired) electrons. The van der Waals surface area contributed by atoms with E-state index in [0.29, 0.717) is 24.5 Å². The number of unbranched alkanes of at least 4 members (excludes halogenated alkanes) is 1. The van der Waals surface area contributed by atoms with E-state index < -0.39 is 46.1 Å². The summed E-state index contributed by atoms with van der Waals surface area (Å²) in [6.45, 7) is 2.09. The van der Waals surface area contributed by atoms with Crippen LogP contribution in [-0.2, 0) is 32.6 Å². The van der Waals surface area contributed by atoms with Gasteiger partial charge in [-0.1, -0.05) is 55.8 Å². The number of benzene rings is 4. The first-order valence-corrected chi connectivity index (χ1v) is 17.1. The molecule has 4 aromatic rings. The molecule has 9 nitrogen and oxygen atoms in total. The summed E-state index contributed by atoms with van der Waals surface area (Å²) in [5.41, 5.74) is 1.35. The average molecular weight is 678 g/mol. The molecule has 1 N–H and O–H groups in total. The third kappa shape index (κ3) is 8.48. The highest BCUT2D eigenvalue weighted by Crippen LogP contribution is 2.34. The first-order valence-electron chi connectivity index (χ1n) is 15.7. The van der Waals surface area contributed by atoms with Crippen LogP contribution in [0.25, 0.3) is 0 Å². The Morgan fingerprint density at radius 2 is 1.48 bits per heavy atom. The zero-order valence-corrected chi connectivity index (χ0v) is 27.3. The quantitative estimate of drug-likeness (QED) is 0.177. The van der Waals surface area contributed by atoms with Crippen molar-refractivity contribution in [1.82, 2.24) is 10.2 Å². The molecule has 0 saturated carbocycles. The van der Waals surface area contributed by atoms with E-state index in [9.17, 15) is 26.8 Å². The van der Waals surface area contributed by atoms with Crippen molar-refractivity contribution in [3.05, 3.63) is 120 Å². The Balaban J connectivity index is 1.56. The van der Waals surface area contributed by atoms with Gasteiger partial charge in [-0.3, -0.25) is 13.9 Å². The van der Waals surface area contributed by atoms with Crippen LogP contribution in [0, 0.1) is 11.6 Å². The minimum atomic E-state index is -4.45. The molecule has 0 aliphatic carbocycles. The first-order chi connectivity index (χ1) is 23.2. The van der Waals surface area contributed by atoms with Crippen molar-refractivity contribution in [1.29, 1.82) is 0 Å². The molecule has 252 valence electrons. The first kappa shape index (κ1) is 34.4. The molecule has 4 aromatic carbocycles. The van der Waals surface area contributed by atoms with Gasteiger partial charge < -0.3 is 19.7 Å². The number of anilines is 1. The third-order valence-corrected chi connectivity index (χ3v) is 9.63. The molecule has 48 heavy (non-hydrogen) atoms. The molecule has 0 saturated heterocycles. The second-order valence-electron chi connectivity index (χ2n) is 11.3. The topological polar surface area (TPSA) is 105 Å². The number of carbonyl (C=O) groups excluding carboxylic acids is 2. The maximum atomic E-state index is 14.5. The van der Waals surface area contributed by atoms with Gasteiger partial charge in [-0.05, 0) is 66.1 Å². The summed E-state index contributed by atoms with van der Waals surface area (Å²) in [7, 11) is -4.45. The molecule has 12 heteroatoms. The molecule has 1 unspecified atom stereocenters. The maximum absolute atomic E-state index is 14.5. The Hall–Kier alpha value is -4.97. The fourth-order valence-corrected chi connectivity index (χ4v) is 6.72. The predicted molar refractivity (Wildman–Crippen MR) is 177 cm³/mol. The van der Waals surface area contributed by atoms with Gasteiger partial charge in [-0.25, -0.2) is 17.2 Å². The summed E-state index contributed by atoms with van der Waals surface area (Å²) in [6.07, 6.45) is 1.70. The molecule has 5 rings (SSSR count). The van der Waals surface area contributed by atoms with Gasteiger partial charge in [0.05, 0.1) is 10.6 Å². The Morgan fingerprint density at radius 1 is 0.833 bits per heavy atom. The normalized spacial score (nSPS) is 13.0. The highest BCUT2D eigenvalue weighted by atomic mass is 32.2. The van der Waals surface area contributed by atoms with Crippen LogP contribution >= 0.6 is 0 Å². The SMILES string of the molecule is CCCCNC(=O)C(Cc1ccccc1)N(Cc1ccc(F)cc1)C(=O)CN(c1ccc(F)cc1)S(=O)(=O)c1ccc2c(c1)OCCO2. The number of nitrogens with one attached hydrogen (secondary N) is 1. The molecule has 0 bridgehead atoms. The number of amides is 2. The smallest absolute Gasteiger partial charge is 0.264 e. The second-order valence-corrected chi connectivity index (χ2v) is 13.2. The van der Waals surface area contributed by atoms with Gasteiger partial charge in [0, 0.05) is 25.6 Å². The molecular weight excluding hydrogens is 640 g/mol. The largest absolute Gasteiger partial charge is 0.486 e. The summed E-state index contributed by atoms with van der Waals surface area (Å²) >= 11 is 0. The van der Waals surface area contributed by atoms with E-state index in [4.69, 9.17) is 9.47 Å². The molecular formula is C36H37F2N3O6S. The lowest BCUT2D eigenvalue weighted by atomic mass is 10.0. The van der Waals surface area contributed by atoms with Gasteiger partial charge in [0.15, 0.2) is 11.5 Å². The van der Waals surface area contributed by atoms with E-state index in [1.54, 1.807) is 0 Å². The van der Waals surface area contributed by atoms with E-state index in [1.807, 2.05) is 37.3 Å².